The number of nitrogens with two attached hydrogens (primary N) is 1. The number of rotatable bonds is 1. The molecule has 1 rings (SSSR count). The Morgan fingerprint density at radius 1 is 1.45 bits per heavy atom. The molecule has 0 fully saturated rings. The normalized spacial score (nSPS) is 12.0. The van der Waals surface area contributed by atoms with Crippen molar-refractivity contribution in [3.05, 3.63) is 23.5 Å². The third-order valence-electron chi connectivity index (χ3n) is 1.79. The second-order valence-electron chi connectivity index (χ2n) is 3.88. The van der Waals surface area contributed by atoms with Crippen molar-refractivity contribution >= 4 is 0 Å². The van der Waals surface area contributed by atoms with E-state index in [9.17, 15) is 0 Å². The van der Waals surface area contributed by atoms with E-state index in [-0.39, 0.29) is 5.41 Å². The zero-order valence-electron chi connectivity index (χ0n) is 7.44. The maximum Gasteiger partial charge on any atom is 0.0205 e. The zero-order valence-corrected chi connectivity index (χ0v) is 7.44. The Balaban J connectivity index is 2.89. The van der Waals surface area contributed by atoms with Crippen molar-refractivity contribution in [1.82, 2.24) is 4.98 Å². The molecule has 0 aromatic carbocycles. The van der Waals surface area contributed by atoms with E-state index < -0.39 is 0 Å². The van der Waals surface area contributed by atoms with E-state index in [1.165, 1.54) is 11.3 Å². The van der Waals surface area contributed by atoms with Crippen LogP contribution >= 0.6 is 0 Å². The first-order chi connectivity index (χ1) is 5.04. The van der Waals surface area contributed by atoms with Gasteiger partial charge < -0.3 is 10.7 Å². The summed E-state index contributed by atoms with van der Waals surface area (Å²) in [6, 6.07) is 2.12. The van der Waals surface area contributed by atoms with E-state index >= 15 is 0 Å². The first kappa shape index (κ1) is 8.34. The Morgan fingerprint density at radius 3 is 2.36 bits per heavy atom. The van der Waals surface area contributed by atoms with Crippen LogP contribution in [-0.2, 0) is 12.0 Å². The maximum atomic E-state index is 5.49. The fourth-order valence-corrected chi connectivity index (χ4v) is 0.990. The minimum absolute atomic E-state index is 0.202. The Bertz CT molecular complexity index is 230. The average molecular weight is 152 g/mol. The molecule has 0 saturated heterocycles. The first-order valence-electron chi connectivity index (χ1n) is 3.92. The van der Waals surface area contributed by atoms with Gasteiger partial charge in [-0.2, -0.15) is 0 Å². The molecule has 0 radical (unpaired) electrons. The summed E-state index contributed by atoms with van der Waals surface area (Å²) in [5.74, 6) is 0. The predicted octanol–water partition coefficient (Wildman–Crippen LogP) is 1.77. The summed E-state index contributed by atoms with van der Waals surface area (Å²) in [4.78, 5) is 3.22. The van der Waals surface area contributed by atoms with E-state index in [1.807, 2.05) is 6.20 Å². The Kier molecular flexibility index (Phi) is 2.05. The van der Waals surface area contributed by atoms with Crippen LogP contribution in [-0.4, -0.2) is 4.98 Å². The third-order valence-corrected chi connectivity index (χ3v) is 1.79. The molecule has 1 aromatic heterocycles. The zero-order chi connectivity index (χ0) is 8.48. The summed E-state index contributed by atoms with van der Waals surface area (Å²) < 4.78 is 0. The molecule has 0 aliphatic heterocycles. The molecular weight excluding hydrogens is 136 g/mol. The number of nitrogens with one attached hydrogen (secondary N) is 1. The van der Waals surface area contributed by atoms with Crippen LogP contribution in [0.1, 0.15) is 32.0 Å². The second kappa shape index (κ2) is 2.70. The highest BCUT2D eigenvalue weighted by Gasteiger charge is 2.14. The van der Waals surface area contributed by atoms with Gasteiger partial charge in [-0.3, -0.25) is 0 Å². The van der Waals surface area contributed by atoms with Crippen LogP contribution in [0.3, 0.4) is 0 Å². The molecule has 0 aliphatic rings. The van der Waals surface area contributed by atoms with E-state index in [1.54, 1.807) is 0 Å². The van der Waals surface area contributed by atoms with E-state index in [0.29, 0.717) is 6.54 Å². The van der Waals surface area contributed by atoms with Gasteiger partial charge in [-0.25, -0.2) is 0 Å². The molecule has 2 heteroatoms. The second-order valence-corrected chi connectivity index (χ2v) is 3.88. The summed E-state index contributed by atoms with van der Waals surface area (Å²) in [5, 5.41) is 0. The molecule has 0 aliphatic carbocycles. The third kappa shape index (κ3) is 1.84. The summed E-state index contributed by atoms with van der Waals surface area (Å²) >= 11 is 0. The van der Waals surface area contributed by atoms with Crippen LogP contribution in [0.25, 0.3) is 0 Å². The van der Waals surface area contributed by atoms with E-state index in [4.69, 9.17) is 5.73 Å². The first-order valence-corrected chi connectivity index (χ1v) is 3.92. The van der Waals surface area contributed by atoms with Gasteiger partial charge in [0.1, 0.15) is 0 Å². The number of hydrogen-bond donors (Lipinski definition) is 2. The smallest absolute Gasteiger partial charge is 0.0205 e. The molecule has 0 saturated carbocycles. The number of hydrogen-bond acceptors (Lipinski definition) is 1. The minimum Gasteiger partial charge on any atom is -0.364 e. The molecule has 2 nitrogen and oxygen atoms in total. The number of H-pyrrole nitrogens is 1. The van der Waals surface area contributed by atoms with Crippen molar-refractivity contribution in [3.63, 3.8) is 0 Å². The summed E-state index contributed by atoms with van der Waals surface area (Å²) in [5.41, 5.74) is 8.11. The van der Waals surface area contributed by atoms with Gasteiger partial charge in [-0.15, -0.1) is 0 Å². The van der Waals surface area contributed by atoms with Crippen molar-refractivity contribution in [3.8, 4) is 0 Å². The van der Waals surface area contributed by atoms with Crippen LogP contribution in [0.5, 0.6) is 0 Å². The van der Waals surface area contributed by atoms with Crippen LogP contribution < -0.4 is 5.73 Å². The lowest BCUT2D eigenvalue weighted by Gasteiger charge is -2.15. The Morgan fingerprint density at radius 2 is 2.09 bits per heavy atom. The molecule has 0 atom stereocenters. The van der Waals surface area contributed by atoms with Gasteiger partial charge >= 0.3 is 0 Å². The lowest BCUT2D eigenvalue weighted by molar-refractivity contribution is 0.572. The quantitative estimate of drug-likeness (QED) is 0.632. The Labute approximate surface area is 67.8 Å². The van der Waals surface area contributed by atoms with Crippen LogP contribution in [0.2, 0.25) is 0 Å². The predicted molar refractivity (Wildman–Crippen MR) is 47.4 cm³/mol. The molecule has 0 spiro atoms. The fourth-order valence-electron chi connectivity index (χ4n) is 0.990. The lowest BCUT2D eigenvalue weighted by atomic mass is 9.92. The molecule has 0 bridgehead atoms. The number of aromatic nitrogens is 1. The van der Waals surface area contributed by atoms with Crippen LogP contribution in [0.4, 0.5) is 0 Å². The molecular formula is C9H16N2. The van der Waals surface area contributed by atoms with E-state index in [2.05, 4.69) is 31.8 Å². The van der Waals surface area contributed by atoms with Gasteiger partial charge in [-0.05, 0) is 11.6 Å². The molecule has 3 N–H and O–H groups in total. The molecule has 0 amide bonds. The van der Waals surface area contributed by atoms with Gasteiger partial charge in [-0.1, -0.05) is 20.8 Å². The molecule has 62 valence electrons. The van der Waals surface area contributed by atoms with Crippen LogP contribution in [0, 0.1) is 0 Å². The average Bonchev–Trinajstić information content (AvgIpc) is 2.32. The molecule has 1 heterocycles. The largest absolute Gasteiger partial charge is 0.364 e. The lowest BCUT2D eigenvalue weighted by Crippen LogP contribution is -2.11. The van der Waals surface area contributed by atoms with Gasteiger partial charge in [0.15, 0.2) is 0 Å². The highest BCUT2D eigenvalue weighted by Crippen LogP contribution is 2.20. The topological polar surface area (TPSA) is 41.8 Å². The van der Waals surface area contributed by atoms with Gasteiger partial charge in [0.25, 0.3) is 0 Å². The van der Waals surface area contributed by atoms with Crippen molar-refractivity contribution in [1.29, 1.82) is 0 Å². The maximum absolute atomic E-state index is 5.49. The fraction of sp³-hybridized carbons (Fsp3) is 0.556. The van der Waals surface area contributed by atoms with Gasteiger partial charge in [0, 0.05) is 23.9 Å². The summed E-state index contributed by atoms with van der Waals surface area (Å²) in [6.07, 6.45) is 1.97. The highest BCUT2D eigenvalue weighted by atomic mass is 14.7. The minimum atomic E-state index is 0.202. The van der Waals surface area contributed by atoms with Gasteiger partial charge in [0.2, 0.25) is 0 Å². The monoisotopic (exact) mass is 152 g/mol. The highest BCUT2D eigenvalue weighted by molar-refractivity contribution is 5.21. The summed E-state index contributed by atoms with van der Waals surface area (Å²) in [7, 11) is 0. The standard InChI is InChI=1S/C9H16N2/c1-9(2,3)8-4-7(5-10)6-11-8/h4,6,11H,5,10H2,1-3H3. The molecule has 1 aromatic rings. The summed E-state index contributed by atoms with van der Waals surface area (Å²) in [6.45, 7) is 7.16. The Hall–Kier alpha value is -0.760. The molecule has 0 unspecified atom stereocenters. The van der Waals surface area contributed by atoms with Gasteiger partial charge in [0.05, 0.1) is 0 Å². The SMILES string of the molecule is CC(C)(C)c1cc(CN)c[nH]1. The van der Waals surface area contributed by atoms with E-state index in [0.717, 1.165) is 0 Å². The van der Waals surface area contributed by atoms with Crippen molar-refractivity contribution in [2.75, 3.05) is 0 Å². The van der Waals surface area contributed by atoms with Crippen molar-refractivity contribution in [2.24, 2.45) is 5.73 Å². The van der Waals surface area contributed by atoms with Crippen LogP contribution in [0.15, 0.2) is 12.3 Å². The van der Waals surface area contributed by atoms with Crippen molar-refractivity contribution in [2.45, 2.75) is 32.7 Å². The number of aromatic amines is 1. The molecule has 11 heavy (non-hydrogen) atoms. The van der Waals surface area contributed by atoms with Crippen molar-refractivity contribution < 1.29 is 0 Å².